The van der Waals surface area contributed by atoms with E-state index in [1.54, 1.807) is 4.90 Å². The highest BCUT2D eigenvalue weighted by molar-refractivity contribution is 6.00. The van der Waals surface area contributed by atoms with Gasteiger partial charge in [0.1, 0.15) is 5.65 Å². The number of hydrogen-bond acceptors (Lipinski definition) is 4. The lowest BCUT2D eigenvalue weighted by atomic mass is 10.1. The molecule has 2 aliphatic heterocycles. The fourth-order valence-corrected chi connectivity index (χ4v) is 4.56. The molecule has 0 spiro atoms. The van der Waals surface area contributed by atoms with Crippen LogP contribution in [-0.4, -0.2) is 63.7 Å². The summed E-state index contributed by atoms with van der Waals surface area (Å²) >= 11 is 0. The summed E-state index contributed by atoms with van der Waals surface area (Å²) in [6.45, 7) is 6.37. The monoisotopic (exact) mass is 417 g/mol. The SMILES string of the molecule is Cc1ccc(N2CC(C(=O)N3CCN(Cc4cnc5ccccn45)CC3)CC2=O)cc1. The molecule has 1 aromatic carbocycles. The average molecular weight is 418 g/mol. The number of carbonyl (C=O) groups is 2. The topological polar surface area (TPSA) is 61.2 Å². The number of aromatic nitrogens is 2. The van der Waals surface area contributed by atoms with E-state index in [9.17, 15) is 9.59 Å². The normalized spacial score (nSPS) is 20.0. The molecule has 5 rings (SSSR count). The molecule has 2 aliphatic rings. The number of imidazole rings is 1. The quantitative estimate of drug-likeness (QED) is 0.654. The van der Waals surface area contributed by atoms with Gasteiger partial charge >= 0.3 is 0 Å². The Morgan fingerprint density at radius 2 is 1.84 bits per heavy atom. The van der Waals surface area contributed by atoms with Gasteiger partial charge in [0.15, 0.2) is 0 Å². The second kappa shape index (κ2) is 8.15. The van der Waals surface area contributed by atoms with Crippen molar-refractivity contribution in [2.75, 3.05) is 37.6 Å². The van der Waals surface area contributed by atoms with Crippen molar-refractivity contribution >= 4 is 23.1 Å². The van der Waals surface area contributed by atoms with Gasteiger partial charge in [-0.3, -0.25) is 14.5 Å². The molecule has 0 bridgehead atoms. The minimum absolute atomic E-state index is 0.0356. The highest BCUT2D eigenvalue weighted by Crippen LogP contribution is 2.27. The number of piperazine rings is 1. The first kappa shape index (κ1) is 19.8. The first-order valence-corrected chi connectivity index (χ1v) is 10.9. The van der Waals surface area contributed by atoms with Crippen LogP contribution in [0.2, 0.25) is 0 Å². The molecule has 0 N–H and O–H groups in total. The molecule has 0 radical (unpaired) electrons. The third-order valence-electron chi connectivity index (χ3n) is 6.38. The van der Waals surface area contributed by atoms with Gasteiger partial charge in [-0.2, -0.15) is 0 Å². The fourth-order valence-electron chi connectivity index (χ4n) is 4.56. The number of rotatable bonds is 4. The number of hydrogen-bond donors (Lipinski definition) is 0. The predicted octanol–water partition coefficient (Wildman–Crippen LogP) is 2.34. The van der Waals surface area contributed by atoms with Crippen molar-refractivity contribution < 1.29 is 9.59 Å². The van der Waals surface area contributed by atoms with E-state index < -0.39 is 0 Å². The first-order chi connectivity index (χ1) is 15.1. The van der Waals surface area contributed by atoms with Gasteiger partial charge in [0.25, 0.3) is 0 Å². The summed E-state index contributed by atoms with van der Waals surface area (Å²) in [5.74, 6) is -0.106. The highest BCUT2D eigenvalue weighted by Gasteiger charge is 2.37. The Labute approximate surface area is 181 Å². The Morgan fingerprint density at radius 1 is 1.06 bits per heavy atom. The van der Waals surface area contributed by atoms with Crippen LogP contribution < -0.4 is 4.90 Å². The van der Waals surface area contributed by atoms with E-state index in [2.05, 4.69) is 14.3 Å². The summed E-state index contributed by atoms with van der Waals surface area (Å²) in [4.78, 5) is 36.1. The Bertz CT molecular complexity index is 1100. The maximum Gasteiger partial charge on any atom is 0.228 e. The van der Waals surface area contributed by atoms with E-state index in [4.69, 9.17) is 0 Å². The van der Waals surface area contributed by atoms with Crippen LogP contribution in [0.1, 0.15) is 17.7 Å². The largest absolute Gasteiger partial charge is 0.340 e. The molecule has 0 aliphatic carbocycles. The smallest absolute Gasteiger partial charge is 0.228 e. The van der Waals surface area contributed by atoms with Crippen LogP contribution in [0.25, 0.3) is 5.65 Å². The molecule has 2 amide bonds. The van der Waals surface area contributed by atoms with Crippen molar-refractivity contribution in [2.45, 2.75) is 19.9 Å². The van der Waals surface area contributed by atoms with Crippen LogP contribution in [0, 0.1) is 12.8 Å². The van der Waals surface area contributed by atoms with Crippen molar-refractivity contribution in [3.63, 3.8) is 0 Å². The maximum atomic E-state index is 13.1. The minimum atomic E-state index is -0.251. The van der Waals surface area contributed by atoms with E-state index in [1.165, 1.54) is 0 Å². The number of pyridine rings is 1. The molecule has 3 aromatic rings. The summed E-state index contributed by atoms with van der Waals surface area (Å²) in [6.07, 6.45) is 4.26. The summed E-state index contributed by atoms with van der Waals surface area (Å²) in [5.41, 5.74) is 4.15. The van der Waals surface area contributed by atoms with Crippen molar-refractivity contribution in [2.24, 2.45) is 5.92 Å². The number of benzene rings is 1. The van der Waals surface area contributed by atoms with Gasteiger partial charge < -0.3 is 14.2 Å². The molecular formula is C24H27N5O2. The predicted molar refractivity (Wildman–Crippen MR) is 119 cm³/mol. The lowest BCUT2D eigenvalue weighted by molar-refractivity contribution is -0.137. The maximum absolute atomic E-state index is 13.1. The molecule has 1 unspecified atom stereocenters. The molecule has 7 heteroatoms. The Morgan fingerprint density at radius 3 is 2.61 bits per heavy atom. The zero-order valence-corrected chi connectivity index (χ0v) is 17.8. The van der Waals surface area contributed by atoms with Crippen LogP contribution in [-0.2, 0) is 16.1 Å². The molecule has 1 atom stereocenters. The molecule has 7 nitrogen and oxygen atoms in total. The molecule has 2 aromatic heterocycles. The van der Waals surface area contributed by atoms with Crippen LogP contribution >= 0.6 is 0 Å². The summed E-state index contributed by atoms with van der Waals surface area (Å²) in [5, 5.41) is 0. The highest BCUT2D eigenvalue weighted by atomic mass is 16.2. The lowest BCUT2D eigenvalue weighted by Gasteiger charge is -2.35. The number of anilines is 1. The van der Waals surface area contributed by atoms with Crippen molar-refractivity contribution in [1.29, 1.82) is 0 Å². The molecule has 0 saturated carbocycles. The van der Waals surface area contributed by atoms with Crippen LogP contribution in [0.15, 0.2) is 54.9 Å². The minimum Gasteiger partial charge on any atom is -0.340 e. The van der Waals surface area contributed by atoms with E-state index >= 15 is 0 Å². The molecular weight excluding hydrogens is 390 g/mol. The number of fused-ring (bicyclic) bond motifs is 1. The second-order valence-electron chi connectivity index (χ2n) is 8.52. The standard InChI is InChI=1S/C24H27N5O2/c1-18-5-7-20(8-6-18)29-16-19(14-23(29)30)24(31)27-12-10-26(11-13-27)17-21-15-25-22-4-2-3-9-28(21)22/h2-9,15,19H,10-14,16-17H2,1H3. The van der Waals surface area contributed by atoms with Crippen LogP contribution in [0.3, 0.4) is 0 Å². The van der Waals surface area contributed by atoms with Gasteiger partial charge in [-0.25, -0.2) is 4.98 Å². The number of aryl methyl sites for hydroxylation is 1. The number of nitrogens with zero attached hydrogens (tertiary/aromatic N) is 5. The third-order valence-corrected chi connectivity index (χ3v) is 6.38. The zero-order chi connectivity index (χ0) is 21.4. The van der Waals surface area contributed by atoms with Crippen molar-refractivity contribution in [1.82, 2.24) is 19.2 Å². The summed E-state index contributed by atoms with van der Waals surface area (Å²) in [7, 11) is 0. The van der Waals surface area contributed by atoms with Crippen LogP contribution in [0.5, 0.6) is 0 Å². The summed E-state index contributed by atoms with van der Waals surface area (Å²) in [6, 6.07) is 13.9. The molecule has 2 fully saturated rings. The van der Waals surface area contributed by atoms with E-state index in [0.717, 1.165) is 42.2 Å². The molecule has 4 heterocycles. The first-order valence-electron chi connectivity index (χ1n) is 10.9. The second-order valence-corrected chi connectivity index (χ2v) is 8.52. The Hall–Kier alpha value is -3.19. The van der Waals surface area contributed by atoms with E-state index in [-0.39, 0.29) is 17.7 Å². The van der Waals surface area contributed by atoms with Gasteiger partial charge in [0, 0.05) is 57.6 Å². The van der Waals surface area contributed by atoms with Gasteiger partial charge in [-0.15, -0.1) is 0 Å². The number of carbonyl (C=O) groups excluding carboxylic acids is 2. The van der Waals surface area contributed by atoms with Gasteiger partial charge in [0.05, 0.1) is 17.8 Å². The molecule has 2 saturated heterocycles. The van der Waals surface area contributed by atoms with Gasteiger partial charge in [-0.05, 0) is 31.2 Å². The Kier molecular flexibility index (Phi) is 5.19. The van der Waals surface area contributed by atoms with Crippen molar-refractivity contribution in [3.05, 3.63) is 66.1 Å². The fraction of sp³-hybridized carbons (Fsp3) is 0.375. The third kappa shape index (κ3) is 3.93. The molecule has 160 valence electrons. The van der Waals surface area contributed by atoms with Crippen LogP contribution in [0.4, 0.5) is 5.69 Å². The van der Waals surface area contributed by atoms with Gasteiger partial charge in [0.2, 0.25) is 11.8 Å². The molecule has 31 heavy (non-hydrogen) atoms. The lowest BCUT2D eigenvalue weighted by Crippen LogP contribution is -2.50. The summed E-state index contributed by atoms with van der Waals surface area (Å²) < 4.78 is 2.11. The van der Waals surface area contributed by atoms with E-state index in [0.29, 0.717) is 26.1 Å². The Balaban J connectivity index is 1.17. The van der Waals surface area contributed by atoms with Gasteiger partial charge in [-0.1, -0.05) is 23.8 Å². The average Bonchev–Trinajstić information content (AvgIpc) is 3.38. The number of amides is 2. The van der Waals surface area contributed by atoms with E-state index in [1.807, 2.05) is 66.7 Å². The zero-order valence-electron chi connectivity index (χ0n) is 17.8. The van der Waals surface area contributed by atoms with Crippen molar-refractivity contribution in [3.8, 4) is 0 Å².